The van der Waals surface area contributed by atoms with Crippen LogP contribution in [0.1, 0.15) is 39.5 Å². The molecule has 1 aliphatic carbocycles. The van der Waals surface area contributed by atoms with Gasteiger partial charge in [0.25, 0.3) is 0 Å². The van der Waals surface area contributed by atoms with Crippen molar-refractivity contribution in [2.24, 2.45) is 5.41 Å². The van der Waals surface area contributed by atoms with Crippen LogP contribution >= 0.6 is 0 Å². The van der Waals surface area contributed by atoms with Gasteiger partial charge >= 0.3 is 0 Å². The molecule has 82 valence electrons. The van der Waals surface area contributed by atoms with Crippen LogP contribution in [0, 0.1) is 5.41 Å². The van der Waals surface area contributed by atoms with Crippen molar-refractivity contribution in [2.75, 3.05) is 0 Å². The van der Waals surface area contributed by atoms with Gasteiger partial charge in [0.1, 0.15) is 0 Å². The summed E-state index contributed by atoms with van der Waals surface area (Å²) in [7, 11) is 0. The summed E-state index contributed by atoms with van der Waals surface area (Å²) in [4.78, 5) is 11.5. The van der Waals surface area contributed by atoms with Crippen LogP contribution in [-0.2, 0) is 4.79 Å². The molecular formula is C14H20O. The van der Waals surface area contributed by atoms with E-state index < -0.39 is 0 Å². The normalized spacial score (nSPS) is 26.8. The van der Waals surface area contributed by atoms with E-state index in [0.29, 0.717) is 6.42 Å². The van der Waals surface area contributed by atoms with Crippen molar-refractivity contribution in [2.45, 2.75) is 39.5 Å². The minimum Gasteiger partial charge on any atom is -0.295 e. The van der Waals surface area contributed by atoms with Crippen molar-refractivity contribution in [1.29, 1.82) is 0 Å². The second-order valence-corrected chi connectivity index (χ2v) is 4.71. The average Bonchev–Trinajstić information content (AvgIpc) is 2.26. The molecule has 0 saturated heterocycles. The largest absolute Gasteiger partial charge is 0.295 e. The van der Waals surface area contributed by atoms with Gasteiger partial charge < -0.3 is 0 Å². The van der Waals surface area contributed by atoms with E-state index in [1.54, 1.807) is 6.08 Å². The first-order valence-corrected chi connectivity index (χ1v) is 5.51. The molecule has 0 saturated carbocycles. The van der Waals surface area contributed by atoms with Crippen molar-refractivity contribution in [3.63, 3.8) is 0 Å². The second-order valence-electron chi connectivity index (χ2n) is 4.71. The molecule has 0 aromatic rings. The van der Waals surface area contributed by atoms with Gasteiger partial charge in [-0.1, -0.05) is 25.2 Å². The Morgan fingerprint density at radius 1 is 1.67 bits per heavy atom. The van der Waals surface area contributed by atoms with Crippen molar-refractivity contribution in [3.05, 3.63) is 36.5 Å². The molecule has 1 heteroatoms. The maximum Gasteiger partial charge on any atom is 0.155 e. The quantitative estimate of drug-likeness (QED) is 0.639. The number of allylic oxidation sites excluding steroid dienone is 4. The third-order valence-electron chi connectivity index (χ3n) is 3.16. The first kappa shape index (κ1) is 12.0. The fraction of sp³-hybridized carbons (Fsp3) is 0.500. The number of hydrogen-bond donors (Lipinski definition) is 0. The lowest BCUT2D eigenvalue weighted by Crippen LogP contribution is -2.18. The Hall–Kier alpha value is -1.11. The van der Waals surface area contributed by atoms with Gasteiger partial charge in [-0.2, -0.15) is 0 Å². The third-order valence-corrected chi connectivity index (χ3v) is 3.16. The van der Waals surface area contributed by atoms with Gasteiger partial charge in [0, 0.05) is 6.42 Å². The van der Waals surface area contributed by atoms with E-state index in [4.69, 9.17) is 0 Å². The summed E-state index contributed by atoms with van der Waals surface area (Å²) in [6, 6.07) is 0. The van der Waals surface area contributed by atoms with Crippen molar-refractivity contribution in [3.8, 4) is 0 Å². The number of rotatable bonds is 3. The zero-order valence-corrected chi connectivity index (χ0v) is 9.81. The van der Waals surface area contributed by atoms with Gasteiger partial charge in [-0.05, 0) is 43.3 Å². The minimum atomic E-state index is 0.0553. The Morgan fingerprint density at radius 2 is 2.33 bits per heavy atom. The van der Waals surface area contributed by atoms with Crippen LogP contribution in [0.25, 0.3) is 0 Å². The minimum absolute atomic E-state index is 0.0553. The molecule has 0 radical (unpaired) electrons. The van der Waals surface area contributed by atoms with Crippen molar-refractivity contribution < 1.29 is 4.79 Å². The number of hydrogen-bond acceptors (Lipinski definition) is 1. The lowest BCUT2D eigenvalue weighted by atomic mass is 9.74. The summed E-state index contributed by atoms with van der Waals surface area (Å²) >= 11 is 0. The van der Waals surface area contributed by atoms with Crippen LogP contribution in [-0.4, -0.2) is 5.78 Å². The highest BCUT2D eigenvalue weighted by Gasteiger charge is 2.30. The van der Waals surface area contributed by atoms with Gasteiger partial charge in [-0.15, -0.1) is 6.58 Å². The lowest BCUT2D eigenvalue weighted by Gasteiger charge is -2.30. The molecule has 0 aromatic carbocycles. The fourth-order valence-electron chi connectivity index (χ4n) is 2.36. The molecule has 1 nitrogen and oxygen atoms in total. The summed E-state index contributed by atoms with van der Waals surface area (Å²) in [6.07, 6.45) is 7.33. The van der Waals surface area contributed by atoms with E-state index in [9.17, 15) is 4.79 Å². The summed E-state index contributed by atoms with van der Waals surface area (Å²) in [5.41, 5.74) is 2.18. The zero-order valence-electron chi connectivity index (χ0n) is 9.81. The van der Waals surface area contributed by atoms with Crippen LogP contribution < -0.4 is 0 Å². The van der Waals surface area contributed by atoms with Crippen LogP contribution in [0.4, 0.5) is 0 Å². The second kappa shape index (κ2) is 4.61. The van der Waals surface area contributed by atoms with Gasteiger partial charge in [0.05, 0.1) is 0 Å². The van der Waals surface area contributed by atoms with E-state index in [0.717, 1.165) is 30.4 Å². The molecule has 0 aromatic heterocycles. The molecule has 0 heterocycles. The van der Waals surface area contributed by atoms with E-state index in [-0.39, 0.29) is 11.2 Å². The Morgan fingerprint density at radius 3 is 2.87 bits per heavy atom. The fourth-order valence-corrected chi connectivity index (χ4v) is 2.36. The third kappa shape index (κ3) is 2.68. The molecule has 0 fully saturated rings. The Balaban J connectivity index is 3.11. The van der Waals surface area contributed by atoms with Crippen molar-refractivity contribution >= 4 is 5.78 Å². The van der Waals surface area contributed by atoms with Gasteiger partial charge in [-0.3, -0.25) is 4.79 Å². The highest BCUT2D eigenvalue weighted by atomic mass is 16.1. The number of ketones is 1. The van der Waals surface area contributed by atoms with Crippen LogP contribution in [0.5, 0.6) is 0 Å². The molecule has 0 N–H and O–H groups in total. The molecule has 0 spiro atoms. The Kier molecular flexibility index (Phi) is 3.67. The van der Waals surface area contributed by atoms with Crippen LogP contribution in [0.2, 0.25) is 0 Å². The number of carbonyl (C=O) groups excluding carboxylic acids is 1. The predicted molar refractivity (Wildman–Crippen MR) is 64.7 cm³/mol. The zero-order chi connectivity index (χ0) is 11.5. The van der Waals surface area contributed by atoms with Gasteiger partial charge in [-0.25, -0.2) is 0 Å². The maximum absolute atomic E-state index is 11.5. The smallest absolute Gasteiger partial charge is 0.155 e. The average molecular weight is 204 g/mol. The monoisotopic (exact) mass is 204 g/mol. The van der Waals surface area contributed by atoms with Crippen molar-refractivity contribution in [1.82, 2.24) is 0 Å². The predicted octanol–water partition coefficient (Wildman–Crippen LogP) is 3.82. The molecule has 1 rings (SSSR count). The topological polar surface area (TPSA) is 17.1 Å². The van der Waals surface area contributed by atoms with Crippen LogP contribution in [0.15, 0.2) is 36.5 Å². The van der Waals surface area contributed by atoms with Gasteiger partial charge in [0.15, 0.2) is 5.78 Å². The summed E-state index contributed by atoms with van der Waals surface area (Å²) in [5, 5.41) is 0. The van der Waals surface area contributed by atoms with Gasteiger partial charge in [0.2, 0.25) is 0 Å². The summed E-state index contributed by atoms with van der Waals surface area (Å²) in [5.74, 6) is 0.237. The molecular weight excluding hydrogens is 184 g/mol. The van der Waals surface area contributed by atoms with E-state index in [2.05, 4.69) is 20.1 Å². The Bertz CT molecular complexity index is 322. The molecule has 1 aliphatic rings. The molecule has 15 heavy (non-hydrogen) atoms. The SMILES string of the molecule is C=CC[C@]1(C)CCCC(=O)C=C1C(=C)C. The molecule has 0 bridgehead atoms. The maximum atomic E-state index is 11.5. The first-order chi connectivity index (χ1) is 6.99. The molecule has 1 atom stereocenters. The Labute approximate surface area is 92.6 Å². The van der Waals surface area contributed by atoms with E-state index in [1.807, 2.05) is 13.0 Å². The standard InChI is InChI=1S/C14H20O/c1-5-8-14(4)9-6-7-12(15)10-13(14)11(2)3/h5,10H,1-2,6-9H2,3-4H3/t14-/m1/s1. The lowest BCUT2D eigenvalue weighted by molar-refractivity contribution is -0.114. The van der Waals surface area contributed by atoms with Crippen LogP contribution in [0.3, 0.4) is 0 Å². The molecule has 0 amide bonds. The van der Waals surface area contributed by atoms with E-state index >= 15 is 0 Å². The number of carbonyl (C=O) groups is 1. The highest BCUT2D eigenvalue weighted by Crippen LogP contribution is 2.41. The first-order valence-electron chi connectivity index (χ1n) is 5.51. The highest BCUT2D eigenvalue weighted by molar-refractivity contribution is 5.91. The summed E-state index contributed by atoms with van der Waals surface area (Å²) < 4.78 is 0. The molecule has 0 unspecified atom stereocenters. The molecule has 0 aliphatic heterocycles. The summed E-state index contributed by atoms with van der Waals surface area (Å²) in [6.45, 7) is 12.0. The van der Waals surface area contributed by atoms with E-state index in [1.165, 1.54) is 0 Å².